The molecular formula is C35H68N2O4. The average molecular weight is 581 g/mol. The fourth-order valence-electron chi connectivity index (χ4n) is 6.04. The summed E-state index contributed by atoms with van der Waals surface area (Å²) in [7, 11) is 0. The number of hydrogen-bond acceptors (Lipinski definition) is 4. The molecule has 1 N–H and O–H groups in total. The van der Waals surface area contributed by atoms with Crippen LogP contribution in [-0.2, 0) is 9.53 Å². The number of esters is 1. The number of unbranched alkanes of at least 4 members (excludes halogenated alkanes) is 17. The summed E-state index contributed by atoms with van der Waals surface area (Å²) < 4.78 is 5.32. The van der Waals surface area contributed by atoms with E-state index in [1.807, 2.05) is 0 Å². The molecule has 0 aromatic carbocycles. The molecule has 0 atom stereocenters. The molecule has 0 bridgehead atoms. The number of carbonyl (C=O) groups is 2. The number of piperidine rings is 1. The minimum atomic E-state index is -0.763. The second-order valence-corrected chi connectivity index (χ2v) is 12.7. The van der Waals surface area contributed by atoms with Crippen LogP contribution in [0.5, 0.6) is 0 Å². The lowest BCUT2D eigenvalue weighted by Gasteiger charge is -2.31. The summed E-state index contributed by atoms with van der Waals surface area (Å²) in [5, 5.41) is 9.23. The van der Waals surface area contributed by atoms with E-state index in [1.165, 1.54) is 116 Å². The molecule has 6 heteroatoms. The van der Waals surface area contributed by atoms with Crippen LogP contribution >= 0.6 is 0 Å². The van der Waals surface area contributed by atoms with Gasteiger partial charge in [-0.25, -0.2) is 4.79 Å². The third kappa shape index (κ3) is 22.9. The molecule has 0 saturated carbocycles. The molecule has 0 spiro atoms. The number of likely N-dealkylation sites (tertiary alicyclic amines) is 1. The lowest BCUT2D eigenvalue weighted by Crippen LogP contribution is -2.38. The number of nitrogens with zero attached hydrogens (tertiary/aromatic N) is 2. The molecule has 6 nitrogen and oxygen atoms in total. The first-order chi connectivity index (χ1) is 20.1. The van der Waals surface area contributed by atoms with E-state index < -0.39 is 6.09 Å². The van der Waals surface area contributed by atoms with Crippen molar-refractivity contribution in [2.45, 2.75) is 168 Å². The van der Waals surface area contributed by atoms with Gasteiger partial charge in [0, 0.05) is 19.5 Å². The first-order valence-corrected chi connectivity index (χ1v) is 17.9. The average Bonchev–Trinajstić information content (AvgIpc) is 2.97. The van der Waals surface area contributed by atoms with Crippen LogP contribution < -0.4 is 0 Å². The highest BCUT2D eigenvalue weighted by atomic mass is 16.5. The molecule has 1 rings (SSSR count). The van der Waals surface area contributed by atoms with Crippen LogP contribution in [0.25, 0.3) is 0 Å². The maximum atomic E-state index is 11.8. The van der Waals surface area contributed by atoms with Crippen molar-refractivity contribution in [2.75, 3.05) is 39.3 Å². The van der Waals surface area contributed by atoms with Crippen molar-refractivity contribution in [3.05, 3.63) is 0 Å². The van der Waals surface area contributed by atoms with Gasteiger partial charge in [-0.05, 0) is 70.5 Å². The van der Waals surface area contributed by atoms with E-state index in [0.29, 0.717) is 32.0 Å². The predicted octanol–water partition coefficient (Wildman–Crippen LogP) is 9.84. The van der Waals surface area contributed by atoms with E-state index in [9.17, 15) is 14.7 Å². The molecule has 242 valence electrons. The van der Waals surface area contributed by atoms with E-state index >= 15 is 0 Å². The Bertz CT molecular complexity index is 607. The molecule has 41 heavy (non-hydrogen) atoms. The van der Waals surface area contributed by atoms with E-state index in [1.54, 1.807) is 4.90 Å². The molecule has 0 aliphatic carbocycles. The zero-order chi connectivity index (χ0) is 29.8. The minimum Gasteiger partial charge on any atom is -0.466 e. The molecule has 1 amide bonds. The van der Waals surface area contributed by atoms with Crippen molar-refractivity contribution >= 4 is 12.1 Å². The Labute approximate surface area is 254 Å². The summed E-state index contributed by atoms with van der Waals surface area (Å²) in [6, 6.07) is 0. The molecule has 0 unspecified atom stereocenters. The highest BCUT2D eigenvalue weighted by Crippen LogP contribution is 2.21. The summed E-state index contributed by atoms with van der Waals surface area (Å²) in [4.78, 5) is 27.3. The Balaban J connectivity index is 2.19. The summed E-state index contributed by atoms with van der Waals surface area (Å²) >= 11 is 0. The van der Waals surface area contributed by atoms with Crippen LogP contribution in [0.15, 0.2) is 0 Å². The second kappa shape index (κ2) is 27.5. The number of amides is 1. The molecule has 0 radical (unpaired) electrons. The molecule has 1 saturated heterocycles. The largest absolute Gasteiger partial charge is 0.466 e. The monoisotopic (exact) mass is 581 g/mol. The summed E-state index contributed by atoms with van der Waals surface area (Å²) in [5.74, 6) is 0.640. The Morgan fingerprint density at radius 2 is 1.12 bits per heavy atom. The lowest BCUT2D eigenvalue weighted by atomic mass is 9.93. The van der Waals surface area contributed by atoms with Gasteiger partial charge in [-0.3, -0.25) is 4.79 Å². The van der Waals surface area contributed by atoms with Crippen molar-refractivity contribution in [2.24, 2.45) is 5.92 Å². The number of carboxylic acid groups (broad SMARTS) is 1. The number of hydrogen-bond donors (Lipinski definition) is 1. The Hall–Kier alpha value is -1.30. The van der Waals surface area contributed by atoms with Crippen LogP contribution in [0.1, 0.15) is 168 Å². The molecule has 1 aliphatic rings. The van der Waals surface area contributed by atoms with Crippen molar-refractivity contribution in [1.82, 2.24) is 9.80 Å². The maximum Gasteiger partial charge on any atom is 0.407 e. The van der Waals surface area contributed by atoms with Gasteiger partial charge in [0.25, 0.3) is 0 Å². The normalized spacial score (nSPS) is 14.2. The second-order valence-electron chi connectivity index (χ2n) is 12.7. The van der Waals surface area contributed by atoms with Gasteiger partial charge in [0.15, 0.2) is 0 Å². The molecule has 0 aromatic heterocycles. The fraction of sp³-hybridized carbons (Fsp3) is 0.943. The van der Waals surface area contributed by atoms with Gasteiger partial charge in [0.1, 0.15) is 0 Å². The smallest absolute Gasteiger partial charge is 0.407 e. The molecule has 1 aliphatic heterocycles. The summed E-state index contributed by atoms with van der Waals surface area (Å²) in [5.41, 5.74) is 0. The number of rotatable bonds is 28. The van der Waals surface area contributed by atoms with Crippen LogP contribution in [0.2, 0.25) is 0 Å². The first-order valence-electron chi connectivity index (χ1n) is 17.9. The summed E-state index contributed by atoms with van der Waals surface area (Å²) in [6.45, 7) is 9.96. The first kappa shape index (κ1) is 37.7. The van der Waals surface area contributed by atoms with Gasteiger partial charge in [-0.1, -0.05) is 117 Å². The summed E-state index contributed by atoms with van der Waals surface area (Å²) in [6.07, 6.45) is 28.7. The SMILES string of the molecule is CCCCCCCCCCCCCCN(CCCCCCCC(=O)OCCCCC)CCC1CCN(C(=O)O)CC1. The van der Waals surface area contributed by atoms with Gasteiger partial charge < -0.3 is 19.6 Å². The topological polar surface area (TPSA) is 70.1 Å². The van der Waals surface area contributed by atoms with Gasteiger partial charge in [0.2, 0.25) is 0 Å². The third-order valence-electron chi connectivity index (χ3n) is 8.93. The molecular weight excluding hydrogens is 512 g/mol. The maximum absolute atomic E-state index is 11.8. The van der Waals surface area contributed by atoms with Gasteiger partial charge in [-0.2, -0.15) is 0 Å². The predicted molar refractivity (Wildman–Crippen MR) is 173 cm³/mol. The van der Waals surface area contributed by atoms with Gasteiger partial charge >= 0.3 is 12.1 Å². The standard InChI is InChI=1S/C35H68N2O4/c1-3-5-7-8-9-10-11-12-13-14-17-20-27-36(29-24-33-25-30-37(31-26-33)35(39)40)28-21-18-15-16-19-23-34(38)41-32-22-6-4-2/h33H,3-32H2,1-2H3,(H,39,40). The third-order valence-corrected chi connectivity index (χ3v) is 8.93. The van der Waals surface area contributed by atoms with Crippen molar-refractivity contribution < 1.29 is 19.4 Å². The molecule has 1 heterocycles. The Morgan fingerprint density at radius 3 is 1.63 bits per heavy atom. The lowest BCUT2D eigenvalue weighted by molar-refractivity contribution is -0.143. The van der Waals surface area contributed by atoms with E-state index in [-0.39, 0.29) is 5.97 Å². The van der Waals surface area contributed by atoms with E-state index in [4.69, 9.17) is 4.74 Å². The zero-order valence-electron chi connectivity index (χ0n) is 27.4. The van der Waals surface area contributed by atoms with Crippen LogP contribution in [0.3, 0.4) is 0 Å². The van der Waals surface area contributed by atoms with Crippen LogP contribution in [0, 0.1) is 5.92 Å². The van der Waals surface area contributed by atoms with Gasteiger partial charge in [0.05, 0.1) is 6.61 Å². The highest BCUT2D eigenvalue weighted by molar-refractivity contribution is 5.69. The Morgan fingerprint density at radius 1 is 0.659 bits per heavy atom. The van der Waals surface area contributed by atoms with Crippen molar-refractivity contribution in [3.8, 4) is 0 Å². The highest BCUT2D eigenvalue weighted by Gasteiger charge is 2.22. The Kier molecular flexibility index (Phi) is 25.3. The quantitative estimate of drug-likeness (QED) is 0.0736. The number of carbonyl (C=O) groups excluding carboxylic acids is 1. The van der Waals surface area contributed by atoms with Crippen molar-refractivity contribution in [3.63, 3.8) is 0 Å². The molecule has 0 aromatic rings. The number of ether oxygens (including phenoxy) is 1. The zero-order valence-corrected chi connectivity index (χ0v) is 27.4. The van der Waals surface area contributed by atoms with Crippen LogP contribution in [0.4, 0.5) is 4.79 Å². The van der Waals surface area contributed by atoms with Crippen LogP contribution in [-0.4, -0.2) is 66.3 Å². The fourth-order valence-corrected chi connectivity index (χ4v) is 6.04. The van der Waals surface area contributed by atoms with Crippen molar-refractivity contribution in [1.29, 1.82) is 0 Å². The van der Waals surface area contributed by atoms with Gasteiger partial charge in [-0.15, -0.1) is 0 Å². The minimum absolute atomic E-state index is 0.0242. The van der Waals surface area contributed by atoms with E-state index in [2.05, 4.69) is 18.7 Å². The molecule has 1 fully saturated rings. The van der Waals surface area contributed by atoms with E-state index in [0.717, 1.165) is 51.5 Å².